The molecule has 1 fully saturated rings. The number of hydrogen-bond acceptors (Lipinski definition) is 4. The summed E-state index contributed by atoms with van der Waals surface area (Å²) in [6, 6.07) is 26.1. The molecule has 3 aromatic carbocycles. The fraction of sp³-hybridized carbons (Fsp3) is 0.206. The third kappa shape index (κ3) is 4.63. The van der Waals surface area contributed by atoms with Crippen molar-refractivity contribution in [2.75, 3.05) is 13.1 Å². The first-order chi connectivity index (χ1) is 20.0. The SMILES string of the molecule is Cc1nc2ccccc2n1C1CCN(C(=O)Cc2ccc(-c3ccccc3O)cc2-c2cc3ccncc3[nH]2)CC1. The van der Waals surface area contributed by atoms with Crippen LogP contribution in [0.2, 0.25) is 0 Å². The predicted molar refractivity (Wildman–Crippen MR) is 162 cm³/mol. The number of para-hydroxylation sites is 3. The van der Waals surface area contributed by atoms with Crippen LogP contribution in [-0.4, -0.2) is 48.5 Å². The van der Waals surface area contributed by atoms with Crippen LogP contribution in [0.25, 0.3) is 44.3 Å². The second-order valence-corrected chi connectivity index (χ2v) is 10.8. The molecule has 7 nitrogen and oxygen atoms in total. The van der Waals surface area contributed by atoms with E-state index in [1.165, 1.54) is 0 Å². The van der Waals surface area contributed by atoms with E-state index in [0.717, 1.165) is 81.6 Å². The number of piperidine rings is 1. The lowest BCUT2D eigenvalue weighted by molar-refractivity contribution is -0.131. The Morgan fingerprint density at radius 3 is 2.61 bits per heavy atom. The predicted octanol–water partition coefficient (Wildman–Crippen LogP) is 6.67. The molecule has 1 amide bonds. The number of nitrogens with one attached hydrogen (secondary N) is 1. The van der Waals surface area contributed by atoms with Crippen LogP contribution in [0.5, 0.6) is 5.75 Å². The number of rotatable bonds is 5. The lowest BCUT2D eigenvalue weighted by Gasteiger charge is -2.33. The Hall–Kier alpha value is -4.91. The van der Waals surface area contributed by atoms with Crippen molar-refractivity contribution in [3.63, 3.8) is 0 Å². The van der Waals surface area contributed by atoms with E-state index in [9.17, 15) is 9.90 Å². The number of phenols is 1. The van der Waals surface area contributed by atoms with Crippen molar-refractivity contribution in [3.8, 4) is 28.1 Å². The van der Waals surface area contributed by atoms with E-state index in [0.29, 0.717) is 12.5 Å². The molecule has 1 aliphatic heterocycles. The van der Waals surface area contributed by atoms with Gasteiger partial charge in [0.1, 0.15) is 11.6 Å². The summed E-state index contributed by atoms with van der Waals surface area (Å²) in [5.41, 5.74) is 7.61. The van der Waals surface area contributed by atoms with Crippen LogP contribution in [0.3, 0.4) is 0 Å². The molecule has 41 heavy (non-hydrogen) atoms. The molecule has 1 aliphatic rings. The minimum Gasteiger partial charge on any atom is -0.507 e. The number of fused-ring (bicyclic) bond motifs is 2. The molecule has 4 heterocycles. The van der Waals surface area contributed by atoms with Crippen molar-refractivity contribution >= 4 is 27.8 Å². The molecular formula is C34H31N5O2. The van der Waals surface area contributed by atoms with Gasteiger partial charge in [0.2, 0.25) is 5.91 Å². The summed E-state index contributed by atoms with van der Waals surface area (Å²) < 4.78 is 2.34. The maximum atomic E-state index is 13.7. The Labute approximate surface area is 238 Å². The highest BCUT2D eigenvalue weighted by molar-refractivity contribution is 5.89. The van der Waals surface area contributed by atoms with E-state index in [1.54, 1.807) is 12.3 Å². The number of imidazole rings is 1. The summed E-state index contributed by atoms with van der Waals surface area (Å²) in [5.74, 6) is 1.38. The van der Waals surface area contributed by atoms with Gasteiger partial charge in [0.05, 0.1) is 29.2 Å². The van der Waals surface area contributed by atoms with E-state index in [2.05, 4.69) is 51.8 Å². The molecule has 204 valence electrons. The van der Waals surface area contributed by atoms with Gasteiger partial charge in [0, 0.05) is 47.5 Å². The topological polar surface area (TPSA) is 87.0 Å². The molecule has 7 heteroatoms. The molecule has 6 aromatic rings. The lowest BCUT2D eigenvalue weighted by Crippen LogP contribution is -2.40. The van der Waals surface area contributed by atoms with Gasteiger partial charge in [-0.3, -0.25) is 9.78 Å². The number of aryl methyl sites for hydroxylation is 1. The van der Waals surface area contributed by atoms with Gasteiger partial charge < -0.3 is 19.6 Å². The summed E-state index contributed by atoms with van der Waals surface area (Å²) in [4.78, 5) is 28.1. The first-order valence-electron chi connectivity index (χ1n) is 14.1. The normalized spacial score (nSPS) is 14.2. The number of aromatic hydroxyl groups is 1. The summed E-state index contributed by atoms with van der Waals surface area (Å²) >= 11 is 0. The number of hydrogen-bond donors (Lipinski definition) is 2. The number of likely N-dealkylation sites (tertiary alicyclic amines) is 1. The van der Waals surface area contributed by atoms with Gasteiger partial charge >= 0.3 is 0 Å². The number of benzene rings is 3. The highest BCUT2D eigenvalue weighted by Crippen LogP contribution is 2.35. The molecule has 0 aliphatic carbocycles. The summed E-state index contributed by atoms with van der Waals surface area (Å²) in [6.45, 7) is 3.51. The van der Waals surface area contributed by atoms with Crippen LogP contribution < -0.4 is 0 Å². The standard InChI is InChI=1S/C34H31N5O2/c1-22-36-29-7-3-4-8-32(29)39(22)26-13-16-38(17-14-26)34(41)20-24-11-10-23(27-6-2-5-9-33(27)40)18-28(24)30-19-25-12-15-35-21-31(25)37-30/h2-12,15,18-19,21,26,37,40H,13-14,16-17,20H2,1H3. The molecule has 0 atom stereocenters. The Morgan fingerprint density at radius 2 is 1.78 bits per heavy atom. The first-order valence-corrected chi connectivity index (χ1v) is 14.1. The lowest BCUT2D eigenvalue weighted by atomic mass is 9.94. The second-order valence-electron chi connectivity index (χ2n) is 10.8. The van der Waals surface area contributed by atoms with Gasteiger partial charge in [-0.15, -0.1) is 0 Å². The number of aromatic amines is 1. The van der Waals surface area contributed by atoms with Crippen molar-refractivity contribution in [2.24, 2.45) is 0 Å². The number of H-pyrrole nitrogens is 1. The second kappa shape index (κ2) is 10.2. The zero-order valence-electron chi connectivity index (χ0n) is 22.9. The van der Waals surface area contributed by atoms with E-state index < -0.39 is 0 Å². The summed E-state index contributed by atoms with van der Waals surface area (Å²) in [5, 5.41) is 11.6. The smallest absolute Gasteiger partial charge is 0.227 e. The van der Waals surface area contributed by atoms with Gasteiger partial charge in [-0.2, -0.15) is 0 Å². The fourth-order valence-electron chi connectivity index (χ4n) is 6.26. The average Bonchev–Trinajstić information content (AvgIpc) is 3.58. The van der Waals surface area contributed by atoms with Gasteiger partial charge in [0.25, 0.3) is 0 Å². The number of amides is 1. The van der Waals surface area contributed by atoms with Gasteiger partial charge in [-0.25, -0.2) is 4.98 Å². The van der Waals surface area contributed by atoms with Gasteiger partial charge in [-0.05, 0) is 67.3 Å². The van der Waals surface area contributed by atoms with E-state index in [4.69, 9.17) is 4.98 Å². The number of carbonyl (C=O) groups is 1. The Balaban J connectivity index is 1.15. The number of phenolic OH excluding ortho intramolecular Hbond substituents is 1. The number of aromatic nitrogens is 4. The maximum Gasteiger partial charge on any atom is 0.227 e. The molecule has 2 N–H and O–H groups in total. The molecule has 0 bridgehead atoms. The Kier molecular flexibility index (Phi) is 6.27. The van der Waals surface area contributed by atoms with Crippen LogP contribution in [-0.2, 0) is 11.2 Å². The van der Waals surface area contributed by atoms with Crippen LogP contribution >= 0.6 is 0 Å². The van der Waals surface area contributed by atoms with Gasteiger partial charge in [0.15, 0.2) is 0 Å². The summed E-state index contributed by atoms with van der Waals surface area (Å²) in [7, 11) is 0. The molecule has 0 saturated carbocycles. The highest BCUT2D eigenvalue weighted by Gasteiger charge is 2.26. The van der Waals surface area contributed by atoms with Crippen molar-refractivity contribution in [2.45, 2.75) is 32.2 Å². The Bertz CT molecular complexity index is 1860. The molecule has 1 saturated heterocycles. The summed E-state index contributed by atoms with van der Waals surface area (Å²) in [6.07, 6.45) is 5.70. The van der Waals surface area contributed by atoms with Crippen molar-refractivity contribution < 1.29 is 9.90 Å². The van der Waals surface area contributed by atoms with Crippen molar-refractivity contribution in [1.29, 1.82) is 0 Å². The van der Waals surface area contributed by atoms with Crippen LogP contribution in [0.4, 0.5) is 0 Å². The quantitative estimate of drug-likeness (QED) is 0.255. The van der Waals surface area contributed by atoms with Crippen molar-refractivity contribution in [1.82, 2.24) is 24.4 Å². The fourth-order valence-corrected chi connectivity index (χ4v) is 6.26. The number of pyridine rings is 1. The first kappa shape index (κ1) is 25.1. The molecule has 0 spiro atoms. The highest BCUT2D eigenvalue weighted by atomic mass is 16.3. The van der Waals surface area contributed by atoms with Gasteiger partial charge in [-0.1, -0.05) is 42.5 Å². The number of nitrogens with zero attached hydrogens (tertiary/aromatic N) is 4. The third-order valence-electron chi connectivity index (χ3n) is 8.34. The Morgan fingerprint density at radius 1 is 0.976 bits per heavy atom. The largest absolute Gasteiger partial charge is 0.507 e. The van der Waals surface area contributed by atoms with Crippen LogP contribution in [0.15, 0.2) is 91.3 Å². The average molecular weight is 542 g/mol. The minimum atomic E-state index is 0.130. The monoisotopic (exact) mass is 541 g/mol. The van der Waals surface area contributed by atoms with Crippen LogP contribution in [0, 0.1) is 6.92 Å². The van der Waals surface area contributed by atoms with E-state index in [-0.39, 0.29) is 11.7 Å². The van der Waals surface area contributed by atoms with Crippen LogP contribution in [0.1, 0.15) is 30.3 Å². The maximum absolute atomic E-state index is 13.7. The molecule has 7 rings (SSSR count). The minimum absolute atomic E-state index is 0.130. The third-order valence-corrected chi connectivity index (χ3v) is 8.34. The molecule has 0 radical (unpaired) electrons. The molecule has 3 aromatic heterocycles. The molecule has 0 unspecified atom stereocenters. The number of carbonyl (C=O) groups excluding carboxylic acids is 1. The zero-order chi connectivity index (χ0) is 27.9. The van der Waals surface area contributed by atoms with E-state index >= 15 is 0 Å². The zero-order valence-corrected chi connectivity index (χ0v) is 22.9. The molecular weight excluding hydrogens is 510 g/mol. The van der Waals surface area contributed by atoms with E-state index in [1.807, 2.05) is 53.6 Å². The van der Waals surface area contributed by atoms with Crippen molar-refractivity contribution in [3.05, 3.63) is 103 Å².